The van der Waals surface area contributed by atoms with Crippen molar-refractivity contribution in [3.63, 3.8) is 0 Å². The number of hydrogen-bond acceptors (Lipinski definition) is 5. The summed E-state index contributed by atoms with van der Waals surface area (Å²) >= 11 is 0.837. The summed E-state index contributed by atoms with van der Waals surface area (Å²) in [6.07, 6.45) is -1.11. The number of halogens is 2. The van der Waals surface area contributed by atoms with E-state index in [9.17, 15) is 13.6 Å². The Hall–Kier alpha value is -1.81. The van der Waals surface area contributed by atoms with Crippen molar-refractivity contribution in [3.8, 4) is 0 Å². The molecule has 24 heavy (non-hydrogen) atoms. The minimum atomic E-state index is -2.82. The minimum Gasteiger partial charge on any atom is -0.377 e. The van der Waals surface area contributed by atoms with E-state index in [2.05, 4.69) is 15.4 Å². The molecule has 7 nitrogen and oxygen atoms in total. The number of hydrogen-bond donors (Lipinski definition) is 1. The third-order valence-electron chi connectivity index (χ3n) is 3.76. The largest absolute Gasteiger partial charge is 0.377 e. The standard InChI is InChI=1S/C14H19F2N5O2S/c1-3-4-8-5-20(13(22)17-8)6-9-11(12(15)16)18-14-21(9)19-10(24-14)7-23-2/h8,12H,3-7H2,1-2H3,(H,17,22)/t8-/m0/s1/i7D2. The Morgan fingerprint density at radius 1 is 1.58 bits per heavy atom. The average Bonchev–Trinajstić information content (AvgIpc) is 3.23. The number of imidazole rings is 1. The predicted molar refractivity (Wildman–Crippen MR) is 84.2 cm³/mol. The molecule has 0 aliphatic carbocycles. The van der Waals surface area contributed by atoms with Gasteiger partial charge in [0.15, 0.2) is 0 Å². The lowest BCUT2D eigenvalue weighted by Crippen LogP contribution is -2.29. The maximum atomic E-state index is 13.4. The monoisotopic (exact) mass is 361 g/mol. The lowest BCUT2D eigenvalue weighted by atomic mass is 10.2. The van der Waals surface area contributed by atoms with E-state index in [1.54, 1.807) is 0 Å². The number of urea groups is 1. The summed E-state index contributed by atoms with van der Waals surface area (Å²) in [5.74, 6) is 0. The Kier molecular flexibility index (Phi) is 4.22. The number of ether oxygens (including phenoxy) is 1. The predicted octanol–water partition coefficient (Wildman–Crippen LogP) is 2.57. The zero-order chi connectivity index (χ0) is 19.1. The number of nitrogens with one attached hydrogen (secondary N) is 1. The smallest absolute Gasteiger partial charge is 0.318 e. The van der Waals surface area contributed by atoms with Gasteiger partial charge in [0.2, 0.25) is 4.96 Å². The number of carbonyl (C=O) groups excluding carboxylic acids is 1. The second-order valence-electron chi connectivity index (χ2n) is 5.47. The van der Waals surface area contributed by atoms with Gasteiger partial charge in [-0.2, -0.15) is 5.10 Å². The first-order valence-corrected chi connectivity index (χ1v) is 8.36. The summed E-state index contributed by atoms with van der Waals surface area (Å²) < 4.78 is 48.2. The molecule has 1 fully saturated rings. The second-order valence-corrected chi connectivity index (χ2v) is 6.42. The van der Waals surface area contributed by atoms with Crippen LogP contribution in [0.3, 0.4) is 0 Å². The SMILES string of the molecule is [2H]C([2H])(OC)c1nn2c(CN3C[C@H](CCC)NC3=O)c(C(F)F)nc2s1. The number of amides is 2. The summed E-state index contributed by atoms with van der Waals surface area (Å²) in [6.45, 7) is 0.195. The van der Waals surface area contributed by atoms with Crippen molar-refractivity contribution >= 4 is 22.3 Å². The molecule has 1 aliphatic heterocycles. The van der Waals surface area contributed by atoms with Gasteiger partial charge < -0.3 is 15.0 Å². The molecule has 2 aromatic rings. The number of fused-ring (bicyclic) bond motifs is 1. The van der Waals surface area contributed by atoms with Crippen LogP contribution in [0.15, 0.2) is 0 Å². The van der Waals surface area contributed by atoms with Crippen molar-refractivity contribution in [2.24, 2.45) is 0 Å². The molecule has 0 radical (unpaired) electrons. The van der Waals surface area contributed by atoms with E-state index in [1.165, 1.54) is 16.5 Å². The van der Waals surface area contributed by atoms with Gasteiger partial charge >= 0.3 is 6.03 Å². The average molecular weight is 361 g/mol. The molecule has 1 atom stereocenters. The van der Waals surface area contributed by atoms with Crippen molar-refractivity contribution in [2.75, 3.05) is 13.7 Å². The van der Waals surface area contributed by atoms with Crippen LogP contribution in [-0.4, -0.2) is 45.2 Å². The number of rotatable bonds is 7. The molecule has 3 heterocycles. The molecular weight excluding hydrogens is 340 g/mol. The molecule has 0 spiro atoms. The molecule has 2 amide bonds. The lowest BCUT2D eigenvalue weighted by Gasteiger charge is -2.14. The van der Waals surface area contributed by atoms with Crippen molar-refractivity contribution in [2.45, 2.75) is 45.3 Å². The Balaban J connectivity index is 1.95. The van der Waals surface area contributed by atoms with Crippen LogP contribution < -0.4 is 5.32 Å². The van der Waals surface area contributed by atoms with Crippen molar-refractivity contribution in [3.05, 3.63) is 16.4 Å². The van der Waals surface area contributed by atoms with Crippen LogP contribution in [0.2, 0.25) is 0 Å². The lowest BCUT2D eigenvalue weighted by molar-refractivity contribution is 0.143. The van der Waals surface area contributed by atoms with Gasteiger partial charge in [0.05, 0.1) is 21.5 Å². The van der Waals surface area contributed by atoms with Gasteiger partial charge in [-0.1, -0.05) is 24.7 Å². The van der Waals surface area contributed by atoms with E-state index in [-0.39, 0.29) is 34.3 Å². The summed E-state index contributed by atoms with van der Waals surface area (Å²) in [5.41, 5.74) is -0.364. The number of methoxy groups -OCH3 is 1. The van der Waals surface area contributed by atoms with Crippen molar-refractivity contribution in [1.82, 2.24) is 24.8 Å². The van der Waals surface area contributed by atoms with Crippen molar-refractivity contribution < 1.29 is 21.1 Å². The fourth-order valence-electron chi connectivity index (χ4n) is 2.75. The van der Waals surface area contributed by atoms with Gasteiger partial charge in [0, 0.05) is 19.7 Å². The third kappa shape index (κ3) is 3.20. The van der Waals surface area contributed by atoms with Gasteiger partial charge in [-0.15, -0.1) is 0 Å². The van der Waals surface area contributed by atoms with Gasteiger partial charge in [-0.25, -0.2) is 23.1 Å². The Bertz CT molecular complexity index is 813. The maximum absolute atomic E-state index is 13.4. The van der Waals surface area contributed by atoms with Crippen LogP contribution in [0.5, 0.6) is 0 Å². The highest BCUT2D eigenvalue weighted by molar-refractivity contribution is 7.16. The van der Waals surface area contributed by atoms with Gasteiger partial charge in [0.25, 0.3) is 6.43 Å². The highest BCUT2D eigenvalue weighted by Gasteiger charge is 2.31. The van der Waals surface area contributed by atoms with E-state index in [0.29, 0.717) is 6.54 Å². The van der Waals surface area contributed by atoms with E-state index in [1.807, 2.05) is 6.92 Å². The molecule has 1 aliphatic rings. The minimum absolute atomic E-state index is 0.0143. The van der Waals surface area contributed by atoms with Crippen LogP contribution >= 0.6 is 11.3 Å². The molecule has 2 aromatic heterocycles. The molecule has 3 rings (SSSR count). The Morgan fingerprint density at radius 2 is 2.38 bits per heavy atom. The normalized spacial score (nSPS) is 20.0. The van der Waals surface area contributed by atoms with E-state index in [4.69, 9.17) is 7.48 Å². The molecule has 0 unspecified atom stereocenters. The van der Waals surface area contributed by atoms with Crippen LogP contribution in [-0.2, 0) is 17.8 Å². The van der Waals surface area contributed by atoms with Gasteiger partial charge in [-0.05, 0) is 6.42 Å². The summed E-state index contributed by atoms with van der Waals surface area (Å²) in [4.78, 5) is 17.6. The van der Waals surface area contributed by atoms with Crippen LogP contribution in [0.1, 0.15) is 45.3 Å². The molecular formula is C14H19F2N5O2S. The maximum Gasteiger partial charge on any atom is 0.318 e. The molecule has 1 N–H and O–H groups in total. The zero-order valence-electron chi connectivity index (χ0n) is 15.3. The summed E-state index contributed by atoms with van der Waals surface area (Å²) in [6, 6.07) is -0.333. The van der Waals surface area contributed by atoms with E-state index in [0.717, 1.165) is 24.2 Å². The first-order valence-electron chi connectivity index (χ1n) is 8.54. The third-order valence-corrected chi connectivity index (χ3v) is 4.56. The van der Waals surface area contributed by atoms with Crippen LogP contribution in [0.4, 0.5) is 13.6 Å². The quantitative estimate of drug-likeness (QED) is 0.823. The number of carbonyl (C=O) groups is 1. The second kappa shape index (κ2) is 6.98. The molecule has 10 heteroatoms. The van der Waals surface area contributed by atoms with Crippen LogP contribution in [0.25, 0.3) is 4.96 Å². The molecule has 132 valence electrons. The van der Waals surface area contributed by atoms with E-state index < -0.39 is 18.7 Å². The molecule has 1 saturated heterocycles. The Morgan fingerprint density at radius 3 is 3.04 bits per heavy atom. The number of nitrogens with zero attached hydrogens (tertiary/aromatic N) is 4. The fourth-order valence-corrected chi connectivity index (χ4v) is 3.55. The first kappa shape index (κ1) is 14.5. The number of aromatic nitrogens is 3. The van der Waals surface area contributed by atoms with Gasteiger partial charge in [0.1, 0.15) is 10.7 Å². The number of alkyl halides is 2. The van der Waals surface area contributed by atoms with Gasteiger partial charge in [-0.3, -0.25) is 0 Å². The molecule has 0 bridgehead atoms. The topological polar surface area (TPSA) is 71.8 Å². The van der Waals surface area contributed by atoms with Crippen molar-refractivity contribution in [1.29, 1.82) is 0 Å². The van der Waals surface area contributed by atoms with E-state index >= 15 is 0 Å². The Labute approximate surface area is 144 Å². The highest BCUT2D eigenvalue weighted by atomic mass is 32.1. The fraction of sp³-hybridized carbons (Fsp3) is 0.643. The first-order chi connectivity index (χ1) is 12.3. The molecule has 0 aromatic carbocycles. The highest BCUT2D eigenvalue weighted by Crippen LogP contribution is 2.28. The summed E-state index contributed by atoms with van der Waals surface area (Å²) in [5, 5.41) is 6.86. The molecule has 0 saturated carbocycles. The summed E-state index contributed by atoms with van der Waals surface area (Å²) in [7, 11) is 1.19. The zero-order valence-corrected chi connectivity index (χ0v) is 14.1. The van der Waals surface area contributed by atoms with Crippen LogP contribution in [0, 0.1) is 0 Å².